The number of nitrogens with zero attached hydrogens (tertiary/aromatic N) is 4. The number of fused-ring (bicyclic) bond motifs is 3. The summed E-state index contributed by atoms with van der Waals surface area (Å²) in [6, 6.07) is 13.5. The number of aromatic amines is 1. The van der Waals surface area contributed by atoms with Crippen LogP contribution in [-0.4, -0.2) is 65.1 Å². The summed E-state index contributed by atoms with van der Waals surface area (Å²) in [5, 5.41) is 11.4. The highest BCUT2D eigenvalue weighted by molar-refractivity contribution is 7.89. The Morgan fingerprint density at radius 1 is 1.06 bits per heavy atom. The van der Waals surface area contributed by atoms with Crippen molar-refractivity contribution in [2.75, 3.05) is 31.6 Å². The minimum Gasteiger partial charge on any atom is -0.379 e. The molecule has 2 N–H and O–H groups in total. The lowest BCUT2D eigenvalue weighted by Crippen LogP contribution is -2.40. The van der Waals surface area contributed by atoms with Crippen molar-refractivity contribution in [2.45, 2.75) is 4.90 Å². The minimum absolute atomic E-state index is 0.0501. The number of hydrogen-bond acceptors (Lipinski definition) is 7. The molecule has 3 heterocycles. The third kappa shape index (κ3) is 3.63. The van der Waals surface area contributed by atoms with Gasteiger partial charge in [0.1, 0.15) is 5.52 Å². The summed E-state index contributed by atoms with van der Waals surface area (Å²) in [5.74, 6) is -0.300. The van der Waals surface area contributed by atoms with Gasteiger partial charge in [0.2, 0.25) is 10.0 Å². The molecule has 1 aliphatic heterocycles. The molecule has 0 unspecified atom stereocenters. The van der Waals surface area contributed by atoms with E-state index in [1.807, 2.05) is 6.07 Å². The fraction of sp³-hybridized carbons (Fsp3) is 0.200. The fourth-order valence-electron chi connectivity index (χ4n) is 3.46. The third-order valence-electron chi connectivity index (χ3n) is 5.06. The Labute approximate surface area is 177 Å². The number of benzene rings is 2. The van der Waals surface area contributed by atoms with Crippen molar-refractivity contribution in [1.29, 1.82) is 0 Å². The average molecular weight is 438 g/mol. The van der Waals surface area contributed by atoms with Crippen molar-refractivity contribution in [3.8, 4) is 0 Å². The van der Waals surface area contributed by atoms with Crippen molar-refractivity contribution < 1.29 is 17.9 Å². The van der Waals surface area contributed by atoms with Crippen LogP contribution in [0.15, 0.2) is 53.4 Å². The summed E-state index contributed by atoms with van der Waals surface area (Å²) in [4.78, 5) is 19.9. The van der Waals surface area contributed by atoms with Gasteiger partial charge in [-0.15, -0.1) is 10.2 Å². The minimum atomic E-state index is -3.64. The number of nitrogens with one attached hydrogen (secondary N) is 2. The molecule has 0 radical (unpaired) electrons. The second kappa shape index (κ2) is 7.69. The molecule has 1 amide bonds. The first-order chi connectivity index (χ1) is 15.0. The first-order valence-corrected chi connectivity index (χ1v) is 11.1. The Morgan fingerprint density at radius 3 is 2.61 bits per heavy atom. The van der Waals surface area contributed by atoms with E-state index >= 15 is 0 Å². The molecule has 11 heteroatoms. The van der Waals surface area contributed by atoms with Gasteiger partial charge in [0.25, 0.3) is 11.9 Å². The summed E-state index contributed by atoms with van der Waals surface area (Å²) in [6.07, 6.45) is 0. The van der Waals surface area contributed by atoms with E-state index in [9.17, 15) is 13.2 Å². The topological polar surface area (TPSA) is 130 Å². The molecule has 0 saturated carbocycles. The molecule has 1 aliphatic rings. The maximum Gasteiger partial charge on any atom is 0.258 e. The summed E-state index contributed by atoms with van der Waals surface area (Å²) >= 11 is 0. The van der Waals surface area contributed by atoms with E-state index in [2.05, 4.69) is 25.5 Å². The number of hydrogen-bond donors (Lipinski definition) is 2. The van der Waals surface area contributed by atoms with Crippen LogP contribution in [0.5, 0.6) is 0 Å². The second-order valence-corrected chi connectivity index (χ2v) is 8.94. The highest BCUT2D eigenvalue weighted by Gasteiger charge is 2.27. The third-order valence-corrected chi connectivity index (χ3v) is 6.95. The first-order valence-electron chi connectivity index (χ1n) is 9.63. The van der Waals surface area contributed by atoms with Crippen LogP contribution < -0.4 is 5.32 Å². The molecule has 10 nitrogen and oxygen atoms in total. The number of carbonyl (C=O) groups excluding carboxylic acids is 1. The van der Waals surface area contributed by atoms with E-state index in [0.29, 0.717) is 53.9 Å². The zero-order valence-corrected chi connectivity index (χ0v) is 17.1. The quantitative estimate of drug-likeness (QED) is 0.497. The zero-order chi connectivity index (χ0) is 21.4. The molecule has 2 aromatic heterocycles. The maximum atomic E-state index is 13.0. The number of morpholine rings is 1. The predicted molar refractivity (Wildman–Crippen MR) is 113 cm³/mol. The van der Waals surface area contributed by atoms with Crippen LogP contribution in [0.25, 0.3) is 22.1 Å². The van der Waals surface area contributed by atoms with Crippen molar-refractivity contribution in [1.82, 2.24) is 24.5 Å². The van der Waals surface area contributed by atoms with Crippen LogP contribution in [0.4, 0.5) is 5.95 Å². The van der Waals surface area contributed by atoms with Gasteiger partial charge in [-0.05, 0) is 30.3 Å². The first kappa shape index (κ1) is 19.5. The normalized spacial score (nSPS) is 15.4. The lowest BCUT2D eigenvalue weighted by Gasteiger charge is -2.26. The lowest BCUT2D eigenvalue weighted by atomic mass is 10.2. The van der Waals surface area contributed by atoms with E-state index < -0.39 is 10.0 Å². The summed E-state index contributed by atoms with van der Waals surface area (Å²) in [6.45, 7) is 1.39. The number of anilines is 1. The molecule has 4 aromatic rings. The Morgan fingerprint density at radius 2 is 1.84 bits per heavy atom. The zero-order valence-electron chi connectivity index (χ0n) is 16.3. The molecule has 0 bridgehead atoms. The number of amides is 1. The number of carbonyl (C=O) groups is 1. The standard InChI is InChI=1S/C20H18N6O4S/c27-19(13-4-2-1-3-5-13)23-20-22-18-17(24-25-20)15-12-14(6-7-16(15)21-18)31(28,29)26-8-10-30-11-9-26/h1-7,12H,8-11H2,(H2,21,22,23,25,27). The van der Waals surface area contributed by atoms with Crippen LogP contribution in [-0.2, 0) is 14.8 Å². The van der Waals surface area contributed by atoms with Gasteiger partial charge in [-0.1, -0.05) is 18.2 Å². The van der Waals surface area contributed by atoms with Crippen molar-refractivity contribution in [2.24, 2.45) is 0 Å². The number of sulfonamides is 1. The van der Waals surface area contributed by atoms with Gasteiger partial charge in [-0.2, -0.15) is 9.29 Å². The largest absolute Gasteiger partial charge is 0.379 e. The number of H-pyrrole nitrogens is 1. The molecule has 1 saturated heterocycles. The van der Waals surface area contributed by atoms with Crippen LogP contribution in [0.1, 0.15) is 10.4 Å². The van der Waals surface area contributed by atoms with Crippen LogP contribution in [0.2, 0.25) is 0 Å². The smallest absolute Gasteiger partial charge is 0.258 e. The van der Waals surface area contributed by atoms with Gasteiger partial charge in [0.15, 0.2) is 5.65 Å². The fourth-order valence-corrected chi connectivity index (χ4v) is 4.90. The Bertz CT molecular complexity index is 1380. The van der Waals surface area contributed by atoms with Gasteiger partial charge in [0.05, 0.1) is 18.1 Å². The molecule has 0 spiro atoms. The molecule has 31 heavy (non-hydrogen) atoms. The van der Waals surface area contributed by atoms with Crippen LogP contribution in [0.3, 0.4) is 0 Å². The highest BCUT2D eigenvalue weighted by atomic mass is 32.2. The molecule has 1 fully saturated rings. The molecule has 2 aromatic carbocycles. The van der Waals surface area contributed by atoms with E-state index in [1.54, 1.807) is 42.5 Å². The van der Waals surface area contributed by atoms with Crippen LogP contribution >= 0.6 is 0 Å². The molecular formula is C20H18N6O4S. The van der Waals surface area contributed by atoms with E-state index in [-0.39, 0.29) is 16.8 Å². The van der Waals surface area contributed by atoms with E-state index in [4.69, 9.17) is 4.74 Å². The summed E-state index contributed by atoms with van der Waals surface area (Å²) < 4.78 is 32.6. The molecule has 5 rings (SSSR count). The van der Waals surface area contributed by atoms with Gasteiger partial charge in [-0.25, -0.2) is 8.42 Å². The van der Waals surface area contributed by atoms with Gasteiger partial charge in [-0.3, -0.25) is 10.1 Å². The number of ether oxygens (including phenoxy) is 1. The summed E-state index contributed by atoms with van der Waals surface area (Å²) in [5.41, 5.74) is 1.96. The van der Waals surface area contributed by atoms with Crippen molar-refractivity contribution >= 4 is 43.9 Å². The van der Waals surface area contributed by atoms with E-state index in [0.717, 1.165) is 0 Å². The lowest BCUT2D eigenvalue weighted by molar-refractivity contribution is 0.0730. The SMILES string of the molecule is O=C(Nc1nnc2c(n1)[nH]c1ccc(S(=O)(=O)N3CCOCC3)cc12)c1ccccc1. The van der Waals surface area contributed by atoms with Crippen LogP contribution in [0, 0.1) is 0 Å². The van der Waals surface area contributed by atoms with E-state index in [1.165, 1.54) is 4.31 Å². The van der Waals surface area contributed by atoms with Crippen molar-refractivity contribution in [3.63, 3.8) is 0 Å². The maximum absolute atomic E-state index is 13.0. The monoisotopic (exact) mass is 438 g/mol. The van der Waals surface area contributed by atoms with Gasteiger partial charge >= 0.3 is 0 Å². The van der Waals surface area contributed by atoms with Crippen molar-refractivity contribution in [3.05, 3.63) is 54.1 Å². The average Bonchev–Trinajstić information content (AvgIpc) is 3.17. The highest BCUT2D eigenvalue weighted by Crippen LogP contribution is 2.27. The van der Waals surface area contributed by atoms with Gasteiger partial charge < -0.3 is 9.72 Å². The molecule has 0 aliphatic carbocycles. The molecular weight excluding hydrogens is 420 g/mol. The number of aromatic nitrogens is 4. The predicted octanol–water partition coefficient (Wildman–Crippen LogP) is 1.78. The Kier molecular flexibility index (Phi) is 4.85. The Hall–Kier alpha value is -3.41. The van der Waals surface area contributed by atoms with Gasteiger partial charge in [0, 0.05) is 29.6 Å². The molecule has 0 atom stereocenters. The Balaban J connectivity index is 1.48. The number of rotatable bonds is 4. The summed E-state index contributed by atoms with van der Waals surface area (Å²) in [7, 11) is -3.64. The molecule has 158 valence electrons. The second-order valence-electron chi connectivity index (χ2n) is 7.00.